The Labute approximate surface area is 130 Å². The average molecular weight is 314 g/mol. The van der Waals surface area contributed by atoms with Gasteiger partial charge >= 0.3 is 0 Å². The number of methoxy groups -OCH3 is 1. The van der Waals surface area contributed by atoms with E-state index < -0.39 is 17.2 Å². The molecule has 0 saturated carbocycles. The van der Waals surface area contributed by atoms with Crippen LogP contribution in [-0.4, -0.2) is 32.9 Å². The summed E-state index contributed by atoms with van der Waals surface area (Å²) in [5, 5.41) is 17.0. The van der Waals surface area contributed by atoms with Crippen LogP contribution < -0.4 is 15.6 Å². The predicted octanol–water partition coefficient (Wildman–Crippen LogP) is 1.23. The third-order valence-electron chi connectivity index (χ3n) is 3.47. The Bertz CT molecular complexity index is 958. The minimum absolute atomic E-state index is 0.289. The highest BCUT2D eigenvalue weighted by Crippen LogP contribution is 2.27. The van der Waals surface area contributed by atoms with E-state index in [9.17, 15) is 14.7 Å². The van der Waals surface area contributed by atoms with Gasteiger partial charge in [0.1, 0.15) is 22.7 Å². The van der Waals surface area contributed by atoms with E-state index in [1.165, 1.54) is 18.0 Å². The highest BCUT2D eigenvalue weighted by molar-refractivity contribution is 6.09. The molecule has 2 aromatic heterocycles. The number of aryl methyl sites for hydroxylation is 1. The molecule has 0 spiro atoms. The second-order valence-corrected chi connectivity index (χ2v) is 4.86. The molecule has 0 atom stereocenters. The SMILES string of the molecule is COc1ccccc1NC(=O)c1c(O)c2cnn(C)c2[nH]c1=O. The van der Waals surface area contributed by atoms with Crippen molar-refractivity contribution in [3.63, 3.8) is 0 Å². The van der Waals surface area contributed by atoms with E-state index in [1.807, 2.05) is 0 Å². The molecule has 0 fully saturated rings. The first-order valence-electron chi connectivity index (χ1n) is 6.74. The molecule has 8 heteroatoms. The normalized spacial score (nSPS) is 10.7. The molecule has 23 heavy (non-hydrogen) atoms. The maximum Gasteiger partial charge on any atom is 0.266 e. The summed E-state index contributed by atoms with van der Waals surface area (Å²) in [4.78, 5) is 27.1. The van der Waals surface area contributed by atoms with E-state index in [4.69, 9.17) is 4.74 Å². The molecule has 118 valence electrons. The number of benzene rings is 1. The molecule has 3 rings (SSSR count). The lowest BCUT2D eigenvalue weighted by Gasteiger charge is -2.10. The van der Waals surface area contributed by atoms with Crippen LogP contribution in [-0.2, 0) is 7.05 Å². The molecular formula is C15H14N4O4. The van der Waals surface area contributed by atoms with Crippen molar-refractivity contribution in [2.24, 2.45) is 7.05 Å². The number of ether oxygens (including phenoxy) is 1. The Hall–Kier alpha value is -3.29. The number of hydrogen-bond donors (Lipinski definition) is 3. The number of anilines is 1. The summed E-state index contributed by atoms with van der Waals surface area (Å²) in [5.41, 5.74) is -0.353. The maximum absolute atomic E-state index is 12.4. The Morgan fingerprint density at radius 1 is 1.39 bits per heavy atom. The minimum atomic E-state index is -0.737. The molecule has 0 aliphatic heterocycles. The van der Waals surface area contributed by atoms with E-state index in [-0.39, 0.29) is 10.9 Å². The maximum atomic E-state index is 12.4. The zero-order valence-electron chi connectivity index (χ0n) is 12.5. The summed E-state index contributed by atoms with van der Waals surface area (Å²) in [6.07, 6.45) is 1.38. The summed E-state index contributed by atoms with van der Waals surface area (Å²) in [6.45, 7) is 0. The monoisotopic (exact) mass is 314 g/mol. The number of rotatable bonds is 3. The second-order valence-electron chi connectivity index (χ2n) is 4.86. The number of amides is 1. The fourth-order valence-electron chi connectivity index (χ4n) is 2.31. The van der Waals surface area contributed by atoms with E-state index in [0.29, 0.717) is 17.1 Å². The number of nitrogens with one attached hydrogen (secondary N) is 2. The van der Waals surface area contributed by atoms with Gasteiger partial charge in [-0.05, 0) is 12.1 Å². The standard InChI is InChI=1S/C15H14N4O4/c1-19-13-8(7-16-19)12(20)11(15(22)18-13)14(21)17-9-5-3-4-6-10(9)23-2/h3-7H,1-2H3,(H,17,21)(H2,18,20,22). The summed E-state index contributed by atoms with van der Waals surface area (Å²) < 4.78 is 6.54. The molecule has 2 heterocycles. The van der Waals surface area contributed by atoms with Gasteiger partial charge in [-0.3, -0.25) is 14.3 Å². The molecule has 1 amide bonds. The van der Waals surface area contributed by atoms with Crippen molar-refractivity contribution in [3.8, 4) is 11.5 Å². The zero-order chi connectivity index (χ0) is 16.6. The topological polar surface area (TPSA) is 109 Å². The van der Waals surface area contributed by atoms with Crippen LogP contribution in [0.2, 0.25) is 0 Å². The lowest BCUT2D eigenvalue weighted by Crippen LogP contribution is -2.24. The summed E-state index contributed by atoms with van der Waals surface area (Å²) >= 11 is 0. The highest BCUT2D eigenvalue weighted by Gasteiger charge is 2.21. The van der Waals surface area contributed by atoms with Crippen molar-refractivity contribution in [2.75, 3.05) is 12.4 Å². The Morgan fingerprint density at radius 3 is 2.87 bits per heavy atom. The van der Waals surface area contributed by atoms with Crippen molar-refractivity contribution < 1.29 is 14.6 Å². The Kier molecular flexibility index (Phi) is 3.49. The third kappa shape index (κ3) is 2.39. The van der Waals surface area contributed by atoms with Gasteiger partial charge in [-0.2, -0.15) is 5.10 Å². The number of nitrogens with zero attached hydrogens (tertiary/aromatic N) is 2. The molecule has 0 radical (unpaired) electrons. The molecule has 3 aromatic rings. The number of carbonyl (C=O) groups is 1. The van der Waals surface area contributed by atoms with Crippen molar-refractivity contribution in [1.82, 2.24) is 14.8 Å². The molecule has 0 aliphatic carbocycles. The van der Waals surface area contributed by atoms with E-state index in [1.54, 1.807) is 31.3 Å². The number of aromatic hydroxyl groups is 1. The predicted molar refractivity (Wildman–Crippen MR) is 83.9 cm³/mol. The number of para-hydroxylation sites is 2. The number of hydrogen-bond acceptors (Lipinski definition) is 5. The molecule has 0 unspecified atom stereocenters. The van der Waals surface area contributed by atoms with Crippen LogP contribution in [0, 0.1) is 0 Å². The number of pyridine rings is 1. The smallest absolute Gasteiger partial charge is 0.266 e. The van der Waals surface area contributed by atoms with Crippen molar-refractivity contribution in [3.05, 3.63) is 46.4 Å². The summed E-state index contributed by atoms with van der Waals surface area (Å²) in [5.74, 6) is -0.706. The van der Waals surface area contributed by atoms with Crippen molar-refractivity contribution in [1.29, 1.82) is 0 Å². The van der Waals surface area contributed by atoms with Crippen LogP contribution in [0.25, 0.3) is 11.0 Å². The molecule has 3 N–H and O–H groups in total. The Morgan fingerprint density at radius 2 is 2.13 bits per heavy atom. The number of carbonyl (C=O) groups excluding carboxylic acids is 1. The van der Waals surface area contributed by atoms with Gasteiger partial charge in [-0.15, -0.1) is 0 Å². The van der Waals surface area contributed by atoms with Crippen LogP contribution in [0.3, 0.4) is 0 Å². The van der Waals surface area contributed by atoms with Crippen LogP contribution in [0.1, 0.15) is 10.4 Å². The summed E-state index contributed by atoms with van der Waals surface area (Å²) in [7, 11) is 3.09. The van der Waals surface area contributed by atoms with Gasteiger partial charge in [0.15, 0.2) is 0 Å². The van der Waals surface area contributed by atoms with Gasteiger partial charge in [0.2, 0.25) is 0 Å². The fourth-order valence-corrected chi connectivity index (χ4v) is 2.31. The van der Waals surface area contributed by atoms with E-state index >= 15 is 0 Å². The van der Waals surface area contributed by atoms with Crippen molar-refractivity contribution in [2.45, 2.75) is 0 Å². The highest BCUT2D eigenvalue weighted by atomic mass is 16.5. The lowest BCUT2D eigenvalue weighted by molar-refractivity contribution is 0.102. The summed E-state index contributed by atoms with van der Waals surface area (Å²) in [6, 6.07) is 6.77. The lowest BCUT2D eigenvalue weighted by atomic mass is 10.2. The fraction of sp³-hybridized carbons (Fsp3) is 0.133. The molecule has 8 nitrogen and oxygen atoms in total. The number of aromatic amines is 1. The largest absolute Gasteiger partial charge is 0.506 e. The first kappa shape index (κ1) is 14.6. The first-order chi connectivity index (χ1) is 11.0. The molecule has 0 saturated heterocycles. The molecule has 0 bridgehead atoms. The molecular weight excluding hydrogens is 300 g/mol. The van der Waals surface area contributed by atoms with Gasteiger partial charge in [0.05, 0.1) is 24.4 Å². The number of aromatic nitrogens is 3. The molecule has 0 aliphatic rings. The van der Waals surface area contributed by atoms with E-state index in [0.717, 1.165) is 0 Å². The number of H-pyrrole nitrogens is 1. The van der Waals surface area contributed by atoms with Gasteiger partial charge in [-0.1, -0.05) is 12.1 Å². The van der Waals surface area contributed by atoms with Gasteiger partial charge in [0.25, 0.3) is 11.5 Å². The van der Waals surface area contributed by atoms with E-state index in [2.05, 4.69) is 15.4 Å². The van der Waals surface area contributed by atoms with Crippen LogP contribution in [0.15, 0.2) is 35.3 Å². The van der Waals surface area contributed by atoms with Gasteiger partial charge < -0.3 is 20.1 Å². The first-order valence-corrected chi connectivity index (χ1v) is 6.74. The third-order valence-corrected chi connectivity index (χ3v) is 3.47. The average Bonchev–Trinajstić information content (AvgIpc) is 2.89. The number of fused-ring (bicyclic) bond motifs is 1. The second kappa shape index (κ2) is 5.48. The van der Waals surface area contributed by atoms with Gasteiger partial charge in [-0.25, -0.2) is 0 Å². The van der Waals surface area contributed by atoms with Gasteiger partial charge in [0, 0.05) is 7.05 Å². The minimum Gasteiger partial charge on any atom is -0.506 e. The van der Waals surface area contributed by atoms with Crippen LogP contribution in [0.5, 0.6) is 11.5 Å². The zero-order valence-corrected chi connectivity index (χ0v) is 12.5. The Balaban J connectivity index is 2.06. The van der Waals surface area contributed by atoms with Crippen LogP contribution in [0.4, 0.5) is 5.69 Å². The van der Waals surface area contributed by atoms with Crippen molar-refractivity contribution >= 4 is 22.6 Å². The van der Waals surface area contributed by atoms with Crippen LogP contribution >= 0.6 is 0 Å². The quantitative estimate of drug-likeness (QED) is 0.673. The molecule has 1 aromatic carbocycles.